The fourth-order valence-corrected chi connectivity index (χ4v) is 1.64. The molecule has 3 amide bonds. The van der Waals surface area contributed by atoms with Crippen molar-refractivity contribution in [2.24, 2.45) is 5.73 Å². The van der Waals surface area contributed by atoms with E-state index in [1.54, 1.807) is 6.07 Å². The van der Waals surface area contributed by atoms with Crippen LogP contribution in [0.4, 0.5) is 10.5 Å². The number of carbonyl (C=O) groups is 3. The van der Waals surface area contributed by atoms with Crippen LogP contribution in [0.15, 0.2) is 24.3 Å². The molecule has 0 aliphatic heterocycles. The number of methoxy groups -OCH3 is 1. The summed E-state index contributed by atoms with van der Waals surface area (Å²) < 4.78 is 4.81. The Hall–Kier alpha value is -2.61. The van der Waals surface area contributed by atoms with Gasteiger partial charge in [0.2, 0.25) is 0 Å². The molecule has 0 fully saturated rings. The molecule has 1 aromatic rings. The van der Waals surface area contributed by atoms with E-state index >= 15 is 0 Å². The highest BCUT2D eigenvalue weighted by Crippen LogP contribution is 2.12. The van der Waals surface area contributed by atoms with Crippen molar-refractivity contribution >= 4 is 23.6 Å². The maximum atomic E-state index is 12.1. The minimum atomic E-state index is -1.56. The van der Waals surface area contributed by atoms with Gasteiger partial charge in [0.1, 0.15) is 0 Å². The van der Waals surface area contributed by atoms with Crippen LogP contribution in [-0.2, 0) is 9.53 Å². The molecule has 0 spiro atoms. The lowest BCUT2D eigenvalue weighted by Gasteiger charge is -2.25. The molecular weight excluding hydrogens is 278 g/mol. The van der Waals surface area contributed by atoms with Crippen molar-refractivity contribution in [2.45, 2.75) is 12.5 Å². The number of carboxylic acid groups (broad SMARTS) is 1. The van der Waals surface area contributed by atoms with Gasteiger partial charge in [-0.1, -0.05) is 6.07 Å². The molecular formula is C13H17N3O5. The van der Waals surface area contributed by atoms with Gasteiger partial charge in [0.15, 0.2) is 5.54 Å². The molecule has 21 heavy (non-hydrogen) atoms. The van der Waals surface area contributed by atoms with E-state index in [2.05, 4.69) is 10.6 Å². The molecule has 5 N–H and O–H groups in total. The number of hydrogen-bond acceptors (Lipinski definition) is 4. The number of anilines is 1. The van der Waals surface area contributed by atoms with E-state index in [-0.39, 0.29) is 12.2 Å². The van der Waals surface area contributed by atoms with Crippen LogP contribution < -0.4 is 16.4 Å². The average molecular weight is 295 g/mol. The number of carboxylic acids is 1. The number of carbonyl (C=O) groups excluding carboxylic acids is 2. The number of amides is 3. The topological polar surface area (TPSA) is 131 Å². The van der Waals surface area contributed by atoms with E-state index in [4.69, 9.17) is 15.6 Å². The molecule has 0 aromatic heterocycles. The lowest BCUT2D eigenvalue weighted by atomic mass is 10.0. The lowest BCUT2D eigenvalue weighted by Crippen LogP contribution is -2.55. The number of aliphatic carboxylic acids is 1. The Balaban J connectivity index is 2.93. The molecule has 114 valence electrons. The second kappa shape index (κ2) is 6.71. The van der Waals surface area contributed by atoms with Crippen LogP contribution in [0, 0.1) is 0 Å². The van der Waals surface area contributed by atoms with Gasteiger partial charge in [0.25, 0.3) is 5.91 Å². The molecule has 8 nitrogen and oxygen atoms in total. The summed E-state index contributed by atoms with van der Waals surface area (Å²) in [5.74, 6) is -1.82. The largest absolute Gasteiger partial charge is 0.479 e. The van der Waals surface area contributed by atoms with Gasteiger partial charge in [-0.2, -0.15) is 0 Å². The minimum Gasteiger partial charge on any atom is -0.479 e. The van der Waals surface area contributed by atoms with Gasteiger partial charge < -0.3 is 26.2 Å². The summed E-state index contributed by atoms with van der Waals surface area (Å²) in [4.78, 5) is 34.1. The highest BCUT2D eigenvalue weighted by Gasteiger charge is 2.35. The first kappa shape index (κ1) is 16.4. The summed E-state index contributed by atoms with van der Waals surface area (Å²) in [5.41, 5.74) is 3.95. The van der Waals surface area contributed by atoms with E-state index in [0.29, 0.717) is 5.69 Å². The van der Waals surface area contributed by atoms with Crippen molar-refractivity contribution in [3.8, 4) is 0 Å². The van der Waals surface area contributed by atoms with Crippen molar-refractivity contribution in [3.05, 3.63) is 29.8 Å². The molecule has 0 aliphatic rings. The molecule has 1 unspecified atom stereocenters. The van der Waals surface area contributed by atoms with Gasteiger partial charge in [-0.3, -0.25) is 4.79 Å². The van der Waals surface area contributed by atoms with Crippen LogP contribution in [0.1, 0.15) is 17.3 Å². The summed E-state index contributed by atoms with van der Waals surface area (Å²) in [6.07, 6.45) is 0. The maximum Gasteiger partial charge on any atom is 0.331 e. The van der Waals surface area contributed by atoms with E-state index in [0.717, 1.165) is 0 Å². The first-order valence-electron chi connectivity index (χ1n) is 6.00. The third-order valence-corrected chi connectivity index (χ3v) is 2.69. The zero-order valence-corrected chi connectivity index (χ0v) is 11.7. The molecule has 0 saturated heterocycles. The van der Waals surface area contributed by atoms with Crippen LogP contribution >= 0.6 is 0 Å². The van der Waals surface area contributed by atoms with Gasteiger partial charge >= 0.3 is 12.0 Å². The van der Waals surface area contributed by atoms with E-state index in [9.17, 15) is 14.4 Å². The second-order valence-corrected chi connectivity index (χ2v) is 4.59. The fraction of sp³-hybridized carbons (Fsp3) is 0.308. The Labute approximate surface area is 121 Å². The van der Waals surface area contributed by atoms with Gasteiger partial charge in [-0.25, -0.2) is 9.59 Å². The number of urea groups is 1. The first-order chi connectivity index (χ1) is 9.78. The Morgan fingerprint density at radius 3 is 2.57 bits per heavy atom. The second-order valence-electron chi connectivity index (χ2n) is 4.59. The molecule has 0 heterocycles. The predicted molar refractivity (Wildman–Crippen MR) is 75.0 cm³/mol. The predicted octanol–water partition coefficient (Wildman–Crippen LogP) is 0.397. The number of ether oxygens (including phenoxy) is 1. The Bertz CT molecular complexity index is 560. The van der Waals surface area contributed by atoms with E-state index in [1.165, 1.54) is 32.2 Å². The molecule has 8 heteroatoms. The van der Waals surface area contributed by atoms with E-state index in [1.807, 2.05) is 0 Å². The quantitative estimate of drug-likeness (QED) is 0.603. The zero-order valence-electron chi connectivity index (χ0n) is 11.7. The maximum absolute atomic E-state index is 12.1. The molecule has 0 saturated carbocycles. The van der Waals surface area contributed by atoms with Crippen molar-refractivity contribution in [3.63, 3.8) is 0 Å². The highest BCUT2D eigenvalue weighted by atomic mass is 16.5. The van der Waals surface area contributed by atoms with Gasteiger partial charge in [0, 0.05) is 18.4 Å². The molecule has 0 radical (unpaired) electrons. The van der Waals surface area contributed by atoms with Gasteiger partial charge in [0.05, 0.1) is 6.61 Å². The zero-order chi connectivity index (χ0) is 16.0. The van der Waals surface area contributed by atoms with Crippen LogP contribution in [0.25, 0.3) is 0 Å². The molecule has 0 bridgehead atoms. The fourth-order valence-electron chi connectivity index (χ4n) is 1.64. The summed E-state index contributed by atoms with van der Waals surface area (Å²) >= 11 is 0. The van der Waals surface area contributed by atoms with Crippen molar-refractivity contribution in [1.82, 2.24) is 5.32 Å². The molecule has 1 rings (SSSR count). The monoisotopic (exact) mass is 295 g/mol. The summed E-state index contributed by atoms with van der Waals surface area (Å²) in [6.45, 7) is 1.15. The van der Waals surface area contributed by atoms with Crippen LogP contribution in [0.2, 0.25) is 0 Å². The van der Waals surface area contributed by atoms with Gasteiger partial charge in [-0.05, 0) is 25.1 Å². The van der Waals surface area contributed by atoms with Crippen LogP contribution in [0.3, 0.4) is 0 Å². The number of primary amides is 1. The Morgan fingerprint density at radius 1 is 1.38 bits per heavy atom. The SMILES string of the molecule is COCC(C)(NC(=O)c1cccc(NC(N)=O)c1)C(=O)O. The molecule has 0 aliphatic carbocycles. The Morgan fingerprint density at radius 2 is 2.05 bits per heavy atom. The standard InChI is InChI=1S/C13H17N3O5/c1-13(7-21-2,11(18)19)16-10(17)8-4-3-5-9(6-8)15-12(14)20/h3-6H,7H2,1-2H3,(H,16,17)(H,18,19)(H3,14,15,20). The molecule has 1 atom stereocenters. The summed E-state index contributed by atoms with van der Waals surface area (Å²) in [5, 5.41) is 13.9. The highest BCUT2D eigenvalue weighted by molar-refractivity contribution is 5.99. The van der Waals surface area contributed by atoms with Crippen molar-refractivity contribution < 1.29 is 24.2 Å². The number of hydrogen-bond donors (Lipinski definition) is 4. The van der Waals surface area contributed by atoms with Crippen LogP contribution in [0.5, 0.6) is 0 Å². The Kier molecular flexibility index (Phi) is 5.25. The first-order valence-corrected chi connectivity index (χ1v) is 6.00. The van der Waals surface area contributed by atoms with Crippen molar-refractivity contribution in [2.75, 3.05) is 19.0 Å². The van der Waals surface area contributed by atoms with Crippen LogP contribution in [-0.4, -0.2) is 42.3 Å². The number of rotatable bonds is 6. The number of nitrogens with two attached hydrogens (primary N) is 1. The molecule has 1 aromatic carbocycles. The van der Waals surface area contributed by atoms with E-state index < -0.39 is 23.4 Å². The summed E-state index contributed by atoms with van der Waals surface area (Å²) in [6, 6.07) is 5.19. The minimum absolute atomic E-state index is 0.185. The lowest BCUT2D eigenvalue weighted by molar-refractivity contribution is -0.145. The summed E-state index contributed by atoms with van der Waals surface area (Å²) in [7, 11) is 1.34. The van der Waals surface area contributed by atoms with Gasteiger partial charge in [-0.15, -0.1) is 0 Å². The third kappa shape index (κ3) is 4.46. The normalized spacial score (nSPS) is 13.0. The number of nitrogens with one attached hydrogen (secondary N) is 2. The average Bonchev–Trinajstić information content (AvgIpc) is 2.38. The third-order valence-electron chi connectivity index (χ3n) is 2.69. The van der Waals surface area contributed by atoms with Crippen molar-refractivity contribution in [1.29, 1.82) is 0 Å². The smallest absolute Gasteiger partial charge is 0.331 e. The number of benzene rings is 1.